The molecule has 182 valence electrons. The number of ether oxygens (including phenoxy) is 1. The summed E-state index contributed by atoms with van der Waals surface area (Å²) >= 11 is 0. The van der Waals surface area contributed by atoms with Crippen LogP contribution < -0.4 is 15.0 Å². The molecule has 1 fully saturated rings. The molecular formula is C25H31N3O5S. The maximum absolute atomic E-state index is 13.6. The zero-order chi connectivity index (χ0) is 24.6. The first-order valence-electron chi connectivity index (χ1n) is 11.6. The fourth-order valence-electron chi connectivity index (χ4n) is 4.60. The maximum atomic E-state index is 13.6. The van der Waals surface area contributed by atoms with Crippen LogP contribution in [0.3, 0.4) is 0 Å². The minimum Gasteiger partial charge on any atom is -0.479 e. The minimum atomic E-state index is -3.86. The van der Waals surface area contributed by atoms with Crippen LogP contribution in [-0.4, -0.2) is 50.3 Å². The second-order valence-corrected chi connectivity index (χ2v) is 10.9. The molecule has 2 aromatic rings. The summed E-state index contributed by atoms with van der Waals surface area (Å²) in [6, 6.07) is 10.9. The number of carbonyl (C=O) groups excluding carboxylic acids is 2. The summed E-state index contributed by atoms with van der Waals surface area (Å²) in [6.45, 7) is 8.21. The van der Waals surface area contributed by atoms with E-state index in [0.29, 0.717) is 42.9 Å². The SMILES string of the molecule is CCN(C(=O)[C@@H]1CCCN(S(=O)(=O)c2cc3c(cc2C)NC(=O)[C@H](C)O3)C1)c1cccc(C)c1. The molecule has 0 bridgehead atoms. The molecule has 0 aliphatic carbocycles. The molecule has 2 amide bonds. The number of sulfonamides is 1. The van der Waals surface area contributed by atoms with Gasteiger partial charge in [0, 0.05) is 31.4 Å². The standard InChI is InChI=1S/C25H31N3O5S/c1-5-28(20-10-6-8-16(2)12-20)25(30)19-9-7-11-27(15-19)34(31,32)23-14-22-21(13-17(23)3)26-24(29)18(4)33-22/h6,8,10,12-14,18-19H,5,7,9,11,15H2,1-4H3,(H,26,29)/t18-,19+/m0/s1. The van der Waals surface area contributed by atoms with Crippen molar-refractivity contribution in [1.29, 1.82) is 0 Å². The third-order valence-electron chi connectivity index (χ3n) is 6.45. The summed E-state index contributed by atoms with van der Waals surface area (Å²) in [4.78, 5) is 27.2. The maximum Gasteiger partial charge on any atom is 0.265 e. The van der Waals surface area contributed by atoms with Crippen LogP contribution in [0.4, 0.5) is 11.4 Å². The molecule has 1 saturated heterocycles. The van der Waals surface area contributed by atoms with Gasteiger partial charge >= 0.3 is 0 Å². The molecule has 0 unspecified atom stereocenters. The lowest BCUT2D eigenvalue weighted by Gasteiger charge is -2.34. The first-order chi connectivity index (χ1) is 16.1. The molecule has 9 heteroatoms. The van der Waals surface area contributed by atoms with Crippen molar-refractivity contribution in [1.82, 2.24) is 4.31 Å². The van der Waals surface area contributed by atoms with Crippen LogP contribution >= 0.6 is 0 Å². The van der Waals surface area contributed by atoms with Gasteiger partial charge in [-0.05, 0) is 69.9 Å². The van der Waals surface area contributed by atoms with Crippen LogP contribution in [0.25, 0.3) is 0 Å². The van der Waals surface area contributed by atoms with Crippen molar-refractivity contribution in [2.24, 2.45) is 5.92 Å². The van der Waals surface area contributed by atoms with E-state index in [4.69, 9.17) is 4.74 Å². The van der Waals surface area contributed by atoms with Crippen LogP contribution in [0.15, 0.2) is 41.3 Å². The summed E-state index contributed by atoms with van der Waals surface area (Å²) in [7, 11) is -3.86. The Kier molecular flexibility index (Phi) is 6.69. The highest BCUT2D eigenvalue weighted by molar-refractivity contribution is 7.89. The molecule has 0 saturated carbocycles. The van der Waals surface area contributed by atoms with Gasteiger partial charge in [0.05, 0.1) is 16.5 Å². The van der Waals surface area contributed by atoms with Gasteiger partial charge in [-0.2, -0.15) is 4.31 Å². The molecule has 0 aromatic heterocycles. The Balaban J connectivity index is 1.58. The zero-order valence-corrected chi connectivity index (χ0v) is 20.8. The van der Waals surface area contributed by atoms with Crippen LogP contribution in [0.5, 0.6) is 5.75 Å². The number of piperidine rings is 1. The lowest BCUT2D eigenvalue weighted by molar-refractivity contribution is -0.123. The third-order valence-corrected chi connectivity index (χ3v) is 8.46. The predicted octanol–water partition coefficient (Wildman–Crippen LogP) is 3.48. The van der Waals surface area contributed by atoms with Crippen LogP contribution in [-0.2, 0) is 19.6 Å². The van der Waals surface area contributed by atoms with Gasteiger partial charge in [0.1, 0.15) is 5.75 Å². The van der Waals surface area contributed by atoms with Crippen molar-refractivity contribution in [3.05, 3.63) is 47.5 Å². The van der Waals surface area contributed by atoms with Crippen LogP contribution in [0.2, 0.25) is 0 Å². The Hall–Kier alpha value is -2.91. The summed E-state index contributed by atoms with van der Waals surface area (Å²) in [5.74, 6) is -0.418. The highest BCUT2D eigenvalue weighted by Crippen LogP contribution is 2.36. The van der Waals surface area contributed by atoms with Crippen molar-refractivity contribution in [2.75, 3.05) is 29.9 Å². The number of fused-ring (bicyclic) bond motifs is 1. The Bertz CT molecular complexity index is 1230. The molecule has 2 atom stereocenters. The summed E-state index contributed by atoms with van der Waals surface area (Å²) in [6.07, 6.45) is 0.543. The monoisotopic (exact) mass is 485 g/mol. The summed E-state index contributed by atoms with van der Waals surface area (Å²) < 4.78 is 34.3. The predicted molar refractivity (Wildman–Crippen MR) is 131 cm³/mol. The van der Waals surface area contributed by atoms with E-state index in [1.807, 2.05) is 38.1 Å². The Morgan fingerprint density at radius 3 is 2.71 bits per heavy atom. The van der Waals surface area contributed by atoms with Gasteiger partial charge in [-0.15, -0.1) is 0 Å². The number of anilines is 2. The highest BCUT2D eigenvalue weighted by Gasteiger charge is 2.37. The largest absolute Gasteiger partial charge is 0.479 e. The second-order valence-electron chi connectivity index (χ2n) is 8.99. The van der Waals surface area contributed by atoms with Gasteiger partial charge in [0.15, 0.2) is 6.10 Å². The number of aryl methyl sites for hydroxylation is 2. The molecule has 2 aliphatic heterocycles. The van der Waals surface area contributed by atoms with E-state index in [2.05, 4.69) is 5.32 Å². The van der Waals surface area contributed by atoms with Crippen molar-refractivity contribution >= 4 is 33.2 Å². The van der Waals surface area contributed by atoms with Crippen molar-refractivity contribution < 1.29 is 22.7 Å². The lowest BCUT2D eigenvalue weighted by Crippen LogP contribution is -2.47. The lowest BCUT2D eigenvalue weighted by atomic mass is 9.97. The number of carbonyl (C=O) groups is 2. The highest BCUT2D eigenvalue weighted by atomic mass is 32.2. The number of nitrogens with one attached hydrogen (secondary N) is 1. The Labute approximate surface area is 200 Å². The van der Waals surface area contributed by atoms with Gasteiger partial charge in [-0.1, -0.05) is 12.1 Å². The topological polar surface area (TPSA) is 96.0 Å². The summed E-state index contributed by atoms with van der Waals surface area (Å²) in [5, 5.41) is 2.75. The van der Waals surface area contributed by atoms with E-state index in [1.54, 1.807) is 24.8 Å². The van der Waals surface area contributed by atoms with E-state index < -0.39 is 22.0 Å². The first kappa shape index (κ1) is 24.2. The molecule has 2 aliphatic rings. The van der Waals surface area contributed by atoms with Crippen molar-refractivity contribution in [3.63, 3.8) is 0 Å². The van der Waals surface area contributed by atoms with Crippen LogP contribution in [0.1, 0.15) is 37.8 Å². The number of rotatable bonds is 5. The van der Waals surface area contributed by atoms with Gasteiger partial charge < -0.3 is 15.0 Å². The van der Waals surface area contributed by atoms with E-state index >= 15 is 0 Å². The van der Waals surface area contributed by atoms with Gasteiger partial charge in [-0.25, -0.2) is 8.42 Å². The number of hydrogen-bond donors (Lipinski definition) is 1. The Morgan fingerprint density at radius 1 is 1.24 bits per heavy atom. The molecule has 2 heterocycles. The molecule has 8 nitrogen and oxygen atoms in total. The fourth-order valence-corrected chi connectivity index (χ4v) is 6.35. The number of nitrogens with zero attached hydrogens (tertiary/aromatic N) is 2. The number of benzene rings is 2. The van der Waals surface area contributed by atoms with E-state index in [0.717, 1.165) is 11.3 Å². The number of hydrogen-bond acceptors (Lipinski definition) is 5. The van der Waals surface area contributed by atoms with Gasteiger partial charge in [0.2, 0.25) is 15.9 Å². The molecule has 0 spiro atoms. The van der Waals surface area contributed by atoms with Gasteiger partial charge in [0.25, 0.3) is 5.91 Å². The normalized spacial score (nSPS) is 20.8. The van der Waals surface area contributed by atoms with E-state index in [9.17, 15) is 18.0 Å². The zero-order valence-electron chi connectivity index (χ0n) is 20.0. The smallest absolute Gasteiger partial charge is 0.265 e. The average molecular weight is 486 g/mol. The van der Waals surface area contributed by atoms with E-state index in [1.165, 1.54) is 10.4 Å². The molecule has 34 heavy (non-hydrogen) atoms. The minimum absolute atomic E-state index is 0.0602. The molecular weight excluding hydrogens is 454 g/mol. The third kappa shape index (κ3) is 4.54. The first-order valence-corrected chi connectivity index (χ1v) is 13.1. The van der Waals surface area contributed by atoms with Crippen LogP contribution in [0, 0.1) is 19.8 Å². The average Bonchev–Trinajstić information content (AvgIpc) is 2.80. The molecule has 1 N–H and O–H groups in total. The van der Waals surface area contributed by atoms with Gasteiger partial charge in [-0.3, -0.25) is 9.59 Å². The molecule has 4 rings (SSSR count). The fraction of sp³-hybridized carbons (Fsp3) is 0.440. The quantitative estimate of drug-likeness (QED) is 0.700. The van der Waals surface area contributed by atoms with E-state index in [-0.39, 0.29) is 23.3 Å². The Morgan fingerprint density at radius 2 is 2.00 bits per heavy atom. The van der Waals surface area contributed by atoms with Crippen molar-refractivity contribution in [3.8, 4) is 5.75 Å². The second kappa shape index (κ2) is 9.38. The summed E-state index contributed by atoms with van der Waals surface area (Å²) in [5.41, 5.74) is 2.86. The van der Waals surface area contributed by atoms with Crippen molar-refractivity contribution in [2.45, 2.75) is 51.5 Å². The number of amides is 2. The molecule has 0 radical (unpaired) electrons. The molecule has 2 aromatic carbocycles.